The second kappa shape index (κ2) is 7.02. The minimum atomic E-state index is -0.411. The summed E-state index contributed by atoms with van der Waals surface area (Å²) in [4.78, 5) is 30.4. The topological polar surface area (TPSA) is 90.5 Å². The van der Waals surface area contributed by atoms with Crippen LogP contribution in [0.2, 0.25) is 0 Å². The fourth-order valence-electron chi connectivity index (χ4n) is 5.45. The highest BCUT2D eigenvalue weighted by atomic mass is 19.1. The summed E-state index contributed by atoms with van der Waals surface area (Å²) in [5, 5.41) is 7.59. The van der Waals surface area contributed by atoms with Crippen molar-refractivity contribution in [1.29, 1.82) is 5.41 Å². The number of benzene rings is 2. The van der Waals surface area contributed by atoms with Crippen LogP contribution in [0.5, 0.6) is 0 Å². The fourth-order valence-corrected chi connectivity index (χ4v) is 5.45. The van der Waals surface area contributed by atoms with Gasteiger partial charge in [0.1, 0.15) is 11.7 Å². The zero-order valence-electron chi connectivity index (χ0n) is 16.4. The lowest BCUT2D eigenvalue weighted by atomic mass is 9.85. The van der Waals surface area contributed by atoms with E-state index in [-0.39, 0.29) is 48.0 Å². The molecule has 3 fully saturated rings. The predicted octanol–water partition coefficient (Wildman–Crippen LogP) is 2.43. The van der Waals surface area contributed by atoms with Gasteiger partial charge in [0.25, 0.3) is 0 Å². The van der Waals surface area contributed by atoms with Crippen molar-refractivity contribution in [1.82, 2.24) is 9.80 Å². The van der Waals surface area contributed by atoms with Gasteiger partial charge in [-0.2, -0.15) is 0 Å². The molecule has 30 heavy (non-hydrogen) atoms. The van der Waals surface area contributed by atoms with Gasteiger partial charge in [-0.25, -0.2) is 4.39 Å². The molecule has 154 valence electrons. The summed E-state index contributed by atoms with van der Waals surface area (Å²) in [7, 11) is 0. The first-order chi connectivity index (χ1) is 14.5. The van der Waals surface area contributed by atoms with Crippen molar-refractivity contribution in [3.8, 4) is 0 Å². The summed E-state index contributed by atoms with van der Waals surface area (Å²) >= 11 is 0. The molecule has 0 saturated carbocycles. The molecule has 0 radical (unpaired) electrons. The number of carbonyl (C=O) groups is 2. The van der Waals surface area contributed by atoms with E-state index in [0.717, 1.165) is 30.5 Å². The first-order valence-corrected chi connectivity index (χ1v) is 10.3. The highest BCUT2D eigenvalue weighted by molar-refractivity contribution is 6.06. The summed E-state index contributed by atoms with van der Waals surface area (Å²) in [5.41, 5.74) is 7.93. The maximum Gasteiger partial charge on any atom is 0.235 e. The monoisotopic (exact) mass is 406 g/mol. The van der Waals surface area contributed by atoms with Gasteiger partial charge in [0.2, 0.25) is 11.8 Å². The lowest BCUT2D eigenvalue weighted by molar-refractivity contribution is -0.142. The van der Waals surface area contributed by atoms with Crippen molar-refractivity contribution in [2.24, 2.45) is 17.6 Å². The fraction of sp³-hybridized carbons (Fsp3) is 0.348. The Morgan fingerprint density at radius 1 is 1.03 bits per heavy atom. The van der Waals surface area contributed by atoms with Crippen LogP contribution in [0.15, 0.2) is 48.5 Å². The van der Waals surface area contributed by atoms with E-state index in [1.54, 1.807) is 24.3 Å². The number of fused-ring (bicyclic) bond motifs is 3. The smallest absolute Gasteiger partial charge is 0.235 e. The van der Waals surface area contributed by atoms with Gasteiger partial charge in [0, 0.05) is 17.6 Å². The molecule has 7 heteroatoms. The van der Waals surface area contributed by atoms with Gasteiger partial charge in [-0.05, 0) is 42.6 Å². The number of hydrogen-bond donors (Lipinski definition) is 2. The van der Waals surface area contributed by atoms with E-state index >= 15 is 0 Å². The Morgan fingerprint density at radius 3 is 2.37 bits per heavy atom. The number of imide groups is 1. The third-order valence-corrected chi connectivity index (χ3v) is 6.76. The normalized spacial score (nSPS) is 28.1. The molecule has 2 aromatic carbocycles. The Morgan fingerprint density at radius 2 is 1.70 bits per heavy atom. The number of nitrogens with zero attached hydrogens (tertiary/aromatic N) is 2. The number of nitrogens with one attached hydrogen (secondary N) is 1. The Kier molecular flexibility index (Phi) is 4.43. The summed E-state index contributed by atoms with van der Waals surface area (Å²) in [6.07, 6.45) is 1.92. The lowest BCUT2D eigenvalue weighted by Crippen LogP contribution is -2.38. The summed E-state index contributed by atoms with van der Waals surface area (Å²) < 4.78 is 13.2. The Hall–Kier alpha value is -3.06. The van der Waals surface area contributed by atoms with E-state index in [9.17, 15) is 14.0 Å². The Balaban J connectivity index is 1.48. The largest absolute Gasteiger partial charge is 0.384 e. The summed E-state index contributed by atoms with van der Waals surface area (Å²) in [6, 6.07) is 13.3. The van der Waals surface area contributed by atoms with Gasteiger partial charge in [-0.3, -0.25) is 24.8 Å². The Labute approximate surface area is 174 Å². The number of nitrogens with two attached hydrogens (primary N) is 1. The third kappa shape index (κ3) is 2.84. The number of likely N-dealkylation sites (tertiary alicyclic amines) is 1. The maximum atomic E-state index is 13.4. The van der Waals surface area contributed by atoms with Crippen molar-refractivity contribution in [2.45, 2.75) is 31.5 Å². The van der Waals surface area contributed by atoms with E-state index in [1.807, 2.05) is 12.1 Å². The standard InChI is InChI=1S/C23H23FN4O2/c24-16-9-3-13(4-10-16)12-28-22(29)18-17-2-1-11-27(17)20(19(18)23(28)30)14-5-7-15(8-6-14)21(25)26/h3-10,17-20H,1-2,11-12H2,(H3,25,26)/t17-,18-,19-,20-/m0/s1. The van der Waals surface area contributed by atoms with Crippen LogP contribution in [0.25, 0.3) is 0 Å². The van der Waals surface area contributed by atoms with Gasteiger partial charge in [-0.1, -0.05) is 36.4 Å². The number of carbonyl (C=O) groups excluding carboxylic acids is 2. The minimum absolute atomic E-state index is 0.00231. The molecule has 3 heterocycles. The molecule has 0 spiro atoms. The molecule has 0 bridgehead atoms. The van der Waals surface area contributed by atoms with Crippen LogP contribution >= 0.6 is 0 Å². The molecule has 3 aliphatic rings. The molecular formula is C23H23FN4O2. The highest BCUT2D eigenvalue weighted by Gasteiger charge is 2.62. The van der Waals surface area contributed by atoms with Crippen LogP contribution < -0.4 is 5.73 Å². The molecule has 0 aromatic heterocycles. The average molecular weight is 406 g/mol. The first kappa shape index (κ1) is 18.9. The Bertz CT molecular complexity index is 1020. The summed E-state index contributed by atoms with van der Waals surface area (Å²) in [6.45, 7) is 1.04. The van der Waals surface area contributed by atoms with Gasteiger partial charge in [0.05, 0.1) is 18.4 Å². The van der Waals surface area contributed by atoms with Crippen molar-refractivity contribution in [3.05, 3.63) is 71.0 Å². The number of hydrogen-bond acceptors (Lipinski definition) is 4. The zero-order chi connectivity index (χ0) is 21.0. The van der Waals surface area contributed by atoms with Crippen LogP contribution in [-0.4, -0.2) is 40.0 Å². The molecule has 3 N–H and O–H groups in total. The van der Waals surface area contributed by atoms with E-state index in [0.29, 0.717) is 5.56 Å². The minimum Gasteiger partial charge on any atom is -0.384 e. The van der Waals surface area contributed by atoms with Crippen LogP contribution in [0, 0.1) is 23.1 Å². The summed E-state index contributed by atoms with van der Waals surface area (Å²) in [5.74, 6) is -1.35. The second-order valence-electron chi connectivity index (χ2n) is 8.37. The second-order valence-corrected chi connectivity index (χ2v) is 8.37. The van der Waals surface area contributed by atoms with Crippen molar-refractivity contribution < 1.29 is 14.0 Å². The third-order valence-electron chi connectivity index (χ3n) is 6.76. The van der Waals surface area contributed by atoms with Crippen LogP contribution in [-0.2, 0) is 16.1 Å². The molecule has 6 nitrogen and oxygen atoms in total. The van der Waals surface area contributed by atoms with Gasteiger partial charge >= 0.3 is 0 Å². The number of halogens is 1. The van der Waals surface area contributed by atoms with Crippen molar-refractivity contribution >= 4 is 17.6 Å². The van der Waals surface area contributed by atoms with Crippen LogP contribution in [0.4, 0.5) is 4.39 Å². The van der Waals surface area contributed by atoms with E-state index < -0.39 is 5.92 Å². The van der Waals surface area contributed by atoms with Gasteiger partial charge in [-0.15, -0.1) is 0 Å². The number of nitrogen functional groups attached to an aromatic ring is 1. The molecule has 2 aromatic rings. The van der Waals surface area contributed by atoms with E-state index in [1.165, 1.54) is 17.0 Å². The lowest BCUT2D eigenvalue weighted by Gasteiger charge is -2.29. The molecule has 2 amide bonds. The zero-order valence-corrected chi connectivity index (χ0v) is 16.4. The van der Waals surface area contributed by atoms with Gasteiger partial charge < -0.3 is 5.73 Å². The van der Waals surface area contributed by atoms with E-state index in [4.69, 9.17) is 11.1 Å². The molecule has 3 aliphatic heterocycles. The number of amidine groups is 1. The molecule has 3 saturated heterocycles. The molecule has 0 unspecified atom stereocenters. The SMILES string of the molecule is N=C(N)c1ccc([C@H]2[C@H]3C(=O)N(Cc4ccc(F)cc4)C(=O)[C@H]3[C@@H]3CCCN32)cc1. The highest BCUT2D eigenvalue weighted by Crippen LogP contribution is 2.53. The number of amides is 2. The molecule has 5 rings (SSSR count). The van der Waals surface area contributed by atoms with Crippen LogP contribution in [0.3, 0.4) is 0 Å². The average Bonchev–Trinajstić information content (AvgIpc) is 3.38. The quantitative estimate of drug-likeness (QED) is 0.464. The van der Waals surface area contributed by atoms with Crippen molar-refractivity contribution in [3.63, 3.8) is 0 Å². The predicted molar refractivity (Wildman–Crippen MR) is 109 cm³/mol. The van der Waals surface area contributed by atoms with Crippen LogP contribution in [0.1, 0.15) is 35.6 Å². The van der Waals surface area contributed by atoms with Gasteiger partial charge in [0.15, 0.2) is 0 Å². The number of rotatable bonds is 4. The van der Waals surface area contributed by atoms with Crippen molar-refractivity contribution in [2.75, 3.05) is 6.54 Å². The molecule has 0 aliphatic carbocycles. The maximum absolute atomic E-state index is 13.4. The first-order valence-electron chi connectivity index (χ1n) is 10.3. The molecule has 4 atom stereocenters. The molecular weight excluding hydrogens is 383 g/mol. The van der Waals surface area contributed by atoms with E-state index in [2.05, 4.69) is 4.90 Å².